The molecule has 4 nitrogen and oxygen atoms in total. The van der Waals surface area contributed by atoms with E-state index in [1.165, 1.54) is 7.11 Å². The quantitative estimate of drug-likeness (QED) is 0.524. The molecule has 1 unspecified atom stereocenters. The first-order valence-corrected chi connectivity index (χ1v) is 5.59. The molecule has 1 heterocycles. The van der Waals surface area contributed by atoms with Crippen LogP contribution in [0.1, 0.15) is 32.6 Å². The molecule has 1 aliphatic carbocycles. The van der Waals surface area contributed by atoms with Crippen molar-refractivity contribution in [2.45, 2.75) is 50.4 Å². The summed E-state index contributed by atoms with van der Waals surface area (Å²) in [7, 11) is 1.41. The highest BCUT2D eigenvalue weighted by molar-refractivity contribution is 5.79. The Balaban J connectivity index is 1.82. The molecule has 2 aliphatic rings. The van der Waals surface area contributed by atoms with E-state index < -0.39 is 0 Å². The molecule has 1 aliphatic heterocycles. The summed E-state index contributed by atoms with van der Waals surface area (Å²) < 4.78 is 15.7. The van der Waals surface area contributed by atoms with Crippen LogP contribution in [0.25, 0.3) is 0 Å². The molecule has 86 valence electrons. The van der Waals surface area contributed by atoms with Gasteiger partial charge in [-0.25, -0.2) is 4.79 Å². The fraction of sp³-hybridized carbons (Fsp3) is 0.909. The molecule has 4 heteroatoms. The maximum Gasteiger partial charge on any atom is 0.338 e. The Hall–Kier alpha value is -0.610. The van der Waals surface area contributed by atoms with E-state index in [1.807, 2.05) is 6.92 Å². The molecule has 0 amide bonds. The molecule has 0 aromatic rings. The van der Waals surface area contributed by atoms with Crippen molar-refractivity contribution in [3.8, 4) is 0 Å². The van der Waals surface area contributed by atoms with Gasteiger partial charge in [-0.3, -0.25) is 0 Å². The van der Waals surface area contributed by atoms with Crippen molar-refractivity contribution < 1.29 is 19.0 Å². The van der Waals surface area contributed by atoms with Gasteiger partial charge < -0.3 is 14.2 Å². The summed E-state index contributed by atoms with van der Waals surface area (Å²) in [6.07, 6.45) is 3.84. The number of hydrogen-bond donors (Lipinski definition) is 0. The molecule has 1 saturated carbocycles. The zero-order valence-corrected chi connectivity index (χ0v) is 9.32. The summed E-state index contributed by atoms with van der Waals surface area (Å²) in [5, 5.41) is 0. The summed E-state index contributed by atoms with van der Waals surface area (Å²) in [6, 6.07) is 0. The lowest BCUT2D eigenvalue weighted by atomic mass is 9.84. The number of epoxide rings is 1. The minimum absolute atomic E-state index is 0.208. The fourth-order valence-electron chi connectivity index (χ4n) is 2.43. The fourth-order valence-corrected chi connectivity index (χ4v) is 2.43. The van der Waals surface area contributed by atoms with Crippen LogP contribution in [0.15, 0.2) is 0 Å². The lowest BCUT2D eigenvalue weighted by molar-refractivity contribution is -0.142. The van der Waals surface area contributed by atoms with Crippen molar-refractivity contribution >= 4 is 5.97 Å². The third-order valence-corrected chi connectivity index (χ3v) is 3.37. The van der Waals surface area contributed by atoms with Crippen LogP contribution >= 0.6 is 0 Å². The first kappa shape index (κ1) is 10.9. The zero-order chi connectivity index (χ0) is 10.9. The second kappa shape index (κ2) is 4.10. The van der Waals surface area contributed by atoms with Crippen LogP contribution < -0.4 is 0 Å². The molecule has 0 bridgehead atoms. The molecule has 2 fully saturated rings. The van der Waals surface area contributed by atoms with E-state index in [4.69, 9.17) is 9.47 Å². The van der Waals surface area contributed by atoms with Gasteiger partial charge >= 0.3 is 5.97 Å². The average Bonchev–Trinajstić information content (AvgIpc) is 2.96. The largest absolute Gasteiger partial charge is 0.467 e. The lowest BCUT2D eigenvalue weighted by Gasteiger charge is -2.26. The standard InChI is InChI=1S/C11H18O4/c1-3-14-8-4-6-11(7-5-8)9(15-11)10(12)13-2/h8-9H,3-7H2,1-2H3. The first-order chi connectivity index (χ1) is 7.22. The summed E-state index contributed by atoms with van der Waals surface area (Å²) in [4.78, 5) is 11.3. The monoisotopic (exact) mass is 214 g/mol. The van der Waals surface area contributed by atoms with Gasteiger partial charge in [-0.05, 0) is 32.6 Å². The minimum atomic E-state index is -0.315. The topological polar surface area (TPSA) is 48.1 Å². The number of carbonyl (C=O) groups excluding carboxylic acids is 1. The van der Waals surface area contributed by atoms with Gasteiger partial charge in [0.2, 0.25) is 0 Å². The molecular formula is C11H18O4. The molecule has 1 atom stereocenters. The zero-order valence-electron chi connectivity index (χ0n) is 9.32. The molecule has 1 spiro atoms. The summed E-state index contributed by atoms with van der Waals surface area (Å²) in [6.45, 7) is 2.77. The Morgan fingerprint density at radius 2 is 2.13 bits per heavy atom. The summed E-state index contributed by atoms with van der Waals surface area (Å²) >= 11 is 0. The van der Waals surface area contributed by atoms with Gasteiger partial charge in [0.1, 0.15) is 5.60 Å². The molecular weight excluding hydrogens is 196 g/mol. The van der Waals surface area contributed by atoms with Gasteiger partial charge in [0.15, 0.2) is 6.10 Å². The Morgan fingerprint density at radius 1 is 1.47 bits per heavy atom. The Bertz CT molecular complexity index is 243. The number of carbonyl (C=O) groups is 1. The lowest BCUT2D eigenvalue weighted by Crippen LogP contribution is -2.30. The predicted octanol–water partition coefficient (Wildman–Crippen LogP) is 1.28. The van der Waals surface area contributed by atoms with Crippen molar-refractivity contribution in [3.05, 3.63) is 0 Å². The molecule has 0 radical (unpaired) electrons. The number of ether oxygens (including phenoxy) is 3. The Labute approximate surface area is 89.9 Å². The predicted molar refractivity (Wildman–Crippen MR) is 53.5 cm³/mol. The molecule has 0 aromatic heterocycles. The van der Waals surface area contributed by atoms with Crippen molar-refractivity contribution in [3.63, 3.8) is 0 Å². The first-order valence-electron chi connectivity index (χ1n) is 5.59. The van der Waals surface area contributed by atoms with E-state index in [9.17, 15) is 4.79 Å². The van der Waals surface area contributed by atoms with Crippen LogP contribution in [0.4, 0.5) is 0 Å². The SMILES string of the molecule is CCOC1CCC2(CC1)OC2C(=O)OC. The highest BCUT2D eigenvalue weighted by Gasteiger charge is 2.62. The van der Waals surface area contributed by atoms with Crippen molar-refractivity contribution in [1.29, 1.82) is 0 Å². The van der Waals surface area contributed by atoms with Crippen LogP contribution in [-0.2, 0) is 19.0 Å². The van der Waals surface area contributed by atoms with E-state index >= 15 is 0 Å². The van der Waals surface area contributed by atoms with Crippen LogP contribution in [0.5, 0.6) is 0 Å². The van der Waals surface area contributed by atoms with Gasteiger partial charge in [0.05, 0.1) is 13.2 Å². The summed E-state index contributed by atoms with van der Waals surface area (Å²) in [5.41, 5.74) is -0.208. The smallest absolute Gasteiger partial charge is 0.338 e. The molecule has 15 heavy (non-hydrogen) atoms. The number of rotatable bonds is 3. The van der Waals surface area contributed by atoms with E-state index in [1.54, 1.807) is 0 Å². The highest BCUT2D eigenvalue weighted by Crippen LogP contribution is 2.48. The van der Waals surface area contributed by atoms with E-state index in [2.05, 4.69) is 4.74 Å². The van der Waals surface area contributed by atoms with Crippen molar-refractivity contribution in [2.75, 3.05) is 13.7 Å². The van der Waals surface area contributed by atoms with Crippen molar-refractivity contribution in [1.82, 2.24) is 0 Å². The van der Waals surface area contributed by atoms with Gasteiger partial charge in [-0.1, -0.05) is 0 Å². The van der Waals surface area contributed by atoms with Crippen LogP contribution in [0.3, 0.4) is 0 Å². The van der Waals surface area contributed by atoms with Gasteiger partial charge in [-0.15, -0.1) is 0 Å². The minimum Gasteiger partial charge on any atom is -0.467 e. The maximum atomic E-state index is 11.3. The average molecular weight is 214 g/mol. The van der Waals surface area contributed by atoms with Gasteiger partial charge in [0.25, 0.3) is 0 Å². The molecule has 0 aromatic carbocycles. The number of methoxy groups -OCH3 is 1. The van der Waals surface area contributed by atoms with E-state index in [0.717, 1.165) is 32.3 Å². The number of esters is 1. The van der Waals surface area contributed by atoms with E-state index in [-0.39, 0.29) is 17.7 Å². The van der Waals surface area contributed by atoms with E-state index in [0.29, 0.717) is 6.10 Å². The molecule has 0 N–H and O–H groups in total. The van der Waals surface area contributed by atoms with Gasteiger partial charge in [-0.2, -0.15) is 0 Å². The maximum absolute atomic E-state index is 11.3. The summed E-state index contributed by atoms with van der Waals surface area (Å²) in [5.74, 6) is -0.232. The van der Waals surface area contributed by atoms with Gasteiger partial charge in [0, 0.05) is 6.61 Å². The highest BCUT2D eigenvalue weighted by atomic mass is 16.7. The third kappa shape index (κ3) is 2.01. The van der Waals surface area contributed by atoms with Crippen LogP contribution in [0.2, 0.25) is 0 Å². The Morgan fingerprint density at radius 3 is 2.67 bits per heavy atom. The third-order valence-electron chi connectivity index (χ3n) is 3.37. The number of hydrogen-bond acceptors (Lipinski definition) is 4. The van der Waals surface area contributed by atoms with Crippen LogP contribution in [-0.4, -0.2) is 37.5 Å². The second-order valence-electron chi connectivity index (χ2n) is 4.24. The second-order valence-corrected chi connectivity index (χ2v) is 4.24. The normalized spacial score (nSPS) is 39.1. The van der Waals surface area contributed by atoms with Crippen LogP contribution in [0, 0.1) is 0 Å². The molecule has 1 saturated heterocycles. The Kier molecular flexibility index (Phi) is 2.98. The molecule has 2 rings (SSSR count). The van der Waals surface area contributed by atoms with Crippen molar-refractivity contribution in [2.24, 2.45) is 0 Å².